The Bertz CT molecular complexity index is 627. The predicted octanol–water partition coefficient (Wildman–Crippen LogP) is 2.86. The molecule has 0 fully saturated rings. The van der Waals surface area contributed by atoms with Crippen molar-refractivity contribution in [3.8, 4) is 5.69 Å². The molecule has 2 aromatic rings. The van der Waals surface area contributed by atoms with E-state index in [2.05, 4.69) is 0 Å². The molecule has 0 unspecified atom stereocenters. The lowest BCUT2D eigenvalue weighted by Crippen LogP contribution is -2.09. The molecule has 1 aromatic heterocycles. The zero-order valence-corrected chi connectivity index (χ0v) is 11.6. The van der Waals surface area contributed by atoms with Gasteiger partial charge in [-0.05, 0) is 38.1 Å². The minimum absolute atomic E-state index is 0.354. The summed E-state index contributed by atoms with van der Waals surface area (Å²) >= 11 is 0. The van der Waals surface area contributed by atoms with E-state index in [1.165, 1.54) is 0 Å². The van der Waals surface area contributed by atoms with Gasteiger partial charge in [-0.15, -0.1) is 0 Å². The van der Waals surface area contributed by atoms with E-state index in [-0.39, 0.29) is 0 Å². The number of hydrogen-bond donors (Lipinski definition) is 1. The summed E-state index contributed by atoms with van der Waals surface area (Å²) in [4.78, 5) is 13.2. The number of carboxylic acid groups (broad SMARTS) is 1. The number of anilines is 1. The zero-order chi connectivity index (χ0) is 14.2. The van der Waals surface area contributed by atoms with Gasteiger partial charge < -0.3 is 14.6 Å². The fraction of sp³-hybridized carbons (Fsp3) is 0.267. The third-order valence-electron chi connectivity index (χ3n) is 3.27. The number of aryl methyl sites for hydroxylation is 1. The SMILES string of the molecule is Cc1cc(C(=O)O)c(C)n1-c1cccc(N(C)C)c1. The maximum atomic E-state index is 11.2. The van der Waals surface area contributed by atoms with Crippen LogP contribution in [0.15, 0.2) is 30.3 Å². The van der Waals surface area contributed by atoms with Gasteiger partial charge in [-0.25, -0.2) is 4.79 Å². The number of aromatic carboxylic acids is 1. The van der Waals surface area contributed by atoms with Crippen LogP contribution in [0.3, 0.4) is 0 Å². The number of benzene rings is 1. The fourth-order valence-corrected chi connectivity index (χ4v) is 2.29. The number of carbonyl (C=O) groups is 1. The Morgan fingerprint density at radius 2 is 1.89 bits per heavy atom. The van der Waals surface area contributed by atoms with Crippen molar-refractivity contribution in [1.29, 1.82) is 0 Å². The van der Waals surface area contributed by atoms with Crippen molar-refractivity contribution in [2.75, 3.05) is 19.0 Å². The quantitative estimate of drug-likeness (QED) is 0.920. The van der Waals surface area contributed by atoms with E-state index in [0.717, 1.165) is 22.8 Å². The molecule has 100 valence electrons. The Kier molecular flexibility index (Phi) is 3.34. The van der Waals surface area contributed by atoms with Crippen LogP contribution in [0.2, 0.25) is 0 Å². The van der Waals surface area contributed by atoms with E-state index in [0.29, 0.717) is 5.56 Å². The van der Waals surface area contributed by atoms with Gasteiger partial charge in [0, 0.05) is 36.9 Å². The molecule has 2 rings (SSSR count). The molecule has 1 heterocycles. The lowest BCUT2D eigenvalue weighted by atomic mass is 10.2. The van der Waals surface area contributed by atoms with Gasteiger partial charge in [0.05, 0.1) is 5.56 Å². The molecule has 0 radical (unpaired) electrons. The third kappa shape index (κ3) is 2.34. The molecule has 4 heteroatoms. The molecule has 0 aliphatic rings. The molecule has 1 aromatic carbocycles. The summed E-state index contributed by atoms with van der Waals surface area (Å²) in [5, 5.41) is 9.17. The smallest absolute Gasteiger partial charge is 0.337 e. The fourth-order valence-electron chi connectivity index (χ4n) is 2.29. The van der Waals surface area contributed by atoms with Crippen LogP contribution in [-0.2, 0) is 0 Å². The predicted molar refractivity (Wildman–Crippen MR) is 76.5 cm³/mol. The van der Waals surface area contributed by atoms with Crippen LogP contribution < -0.4 is 4.90 Å². The van der Waals surface area contributed by atoms with Crippen molar-refractivity contribution in [1.82, 2.24) is 4.57 Å². The second kappa shape index (κ2) is 4.80. The van der Waals surface area contributed by atoms with Crippen molar-refractivity contribution in [2.24, 2.45) is 0 Å². The summed E-state index contributed by atoms with van der Waals surface area (Å²) in [6.45, 7) is 3.75. The standard InChI is InChI=1S/C15H18N2O2/c1-10-8-14(15(18)19)11(2)17(10)13-7-5-6-12(9-13)16(3)4/h5-9H,1-4H3,(H,18,19). The number of rotatable bonds is 3. The summed E-state index contributed by atoms with van der Waals surface area (Å²) in [7, 11) is 3.97. The monoisotopic (exact) mass is 258 g/mol. The highest BCUT2D eigenvalue weighted by Gasteiger charge is 2.15. The van der Waals surface area contributed by atoms with Crippen LogP contribution in [0, 0.1) is 13.8 Å². The van der Waals surface area contributed by atoms with Crippen LogP contribution in [-0.4, -0.2) is 29.7 Å². The topological polar surface area (TPSA) is 45.5 Å². The molecule has 0 atom stereocenters. The van der Waals surface area contributed by atoms with E-state index in [9.17, 15) is 9.90 Å². The zero-order valence-electron chi connectivity index (χ0n) is 11.6. The Labute approximate surface area is 112 Å². The minimum Gasteiger partial charge on any atom is -0.478 e. The van der Waals surface area contributed by atoms with Crippen LogP contribution in [0.25, 0.3) is 5.69 Å². The Hall–Kier alpha value is -2.23. The molecule has 0 spiro atoms. The average molecular weight is 258 g/mol. The molecule has 4 nitrogen and oxygen atoms in total. The summed E-state index contributed by atoms with van der Waals surface area (Å²) in [6.07, 6.45) is 0. The van der Waals surface area contributed by atoms with Crippen LogP contribution >= 0.6 is 0 Å². The second-order valence-corrected chi connectivity index (χ2v) is 4.84. The number of aromatic nitrogens is 1. The van der Waals surface area contributed by atoms with Crippen LogP contribution in [0.5, 0.6) is 0 Å². The Morgan fingerprint density at radius 3 is 2.42 bits per heavy atom. The van der Waals surface area contributed by atoms with Gasteiger partial charge in [-0.2, -0.15) is 0 Å². The third-order valence-corrected chi connectivity index (χ3v) is 3.27. The molecule has 0 saturated carbocycles. The second-order valence-electron chi connectivity index (χ2n) is 4.84. The van der Waals surface area contributed by atoms with Gasteiger partial charge >= 0.3 is 5.97 Å². The Balaban J connectivity index is 2.59. The normalized spacial score (nSPS) is 10.5. The first kappa shape index (κ1) is 13.2. The first-order valence-corrected chi connectivity index (χ1v) is 6.12. The van der Waals surface area contributed by atoms with Gasteiger partial charge in [-0.3, -0.25) is 0 Å². The maximum Gasteiger partial charge on any atom is 0.337 e. The van der Waals surface area contributed by atoms with Crippen molar-refractivity contribution >= 4 is 11.7 Å². The number of hydrogen-bond acceptors (Lipinski definition) is 2. The van der Waals surface area contributed by atoms with E-state index in [4.69, 9.17) is 0 Å². The first-order valence-electron chi connectivity index (χ1n) is 6.12. The molecule has 0 aliphatic heterocycles. The molecule has 19 heavy (non-hydrogen) atoms. The summed E-state index contributed by atoms with van der Waals surface area (Å²) in [5.74, 6) is -0.886. The summed E-state index contributed by atoms with van der Waals surface area (Å²) < 4.78 is 1.97. The average Bonchev–Trinajstić information content (AvgIpc) is 2.65. The summed E-state index contributed by atoms with van der Waals surface area (Å²) in [5.41, 5.74) is 4.09. The van der Waals surface area contributed by atoms with E-state index in [1.54, 1.807) is 6.07 Å². The lowest BCUT2D eigenvalue weighted by molar-refractivity contribution is 0.0696. The van der Waals surface area contributed by atoms with Crippen molar-refractivity contribution in [3.05, 3.63) is 47.3 Å². The molecule has 1 N–H and O–H groups in total. The van der Waals surface area contributed by atoms with Gasteiger partial charge in [0.15, 0.2) is 0 Å². The van der Waals surface area contributed by atoms with Crippen molar-refractivity contribution < 1.29 is 9.90 Å². The number of carboxylic acids is 1. The van der Waals surface area contributed by atoms with Crippen LogP contribution in [0.1, 0.15) is 21.7 Å². The maximum absolute atomic E-state index is 11.2. The minimum atomic E-state index is -0.886. The van der Waals surface area contributed by atoms with Gasteiger partial charge in [0.1, 0.15) is 0 Å². The first-order chi connectivity index (χ1) is 8.91. The molecule has 0 saturated heterocycles. The van der Waals surface area contributed by atoms with Crippen molar-refractivity contribution in [2.45, 2.75) is 13.8 Å². The Morgan fingerprint density at radius 1 is 1.21 bits per heavy atom. The molecular weight excluding hydrogens is 240 g/mol. The highest BCUT2D eigenvalue weighted by atomic mass is 16.4. The molecule has 0 bridgehead atoms. The van der Waals surface area contributed by atoms with E-state index < -0.39 is 5.97 Å². The van der Waals surface area contributed by atoms with Crippen LogP contribution in [0.4, 0.5) is 5.69 Å². The van der Waals surface area contributed by atoms with Gasteiger partial charge in [-0.1, -0.05) is 6.07 Å². The van der Waals surface area contributed by atoms with Crippen molar-refractivity contribution in [3.63, 3.8) is 0 Å². The number of nitrogens with zero attached hydrogens (tertiary/aromatic N) is 2. The lowest BCUT2D eigenvalue weighted by Gasteiger charge is -2.16. The molecule has 0 aliphatic carbocycles. The highest BCUT2D eigenvalue weighted by molar-refractivity contribution is 5.89. The van der Waals surface area contributed by atoms with E-state index >= 15 is 0 Å². The highest BCUT2D eigenvalue weighted by Crippen LogP contribution is 2.23. The molecule has 0 amide bonds. The van der Waals surface area contributed by atoms with Gasteiger partial charge in [0.2, 0.25) is 0 Å². The van der Waals surface area contributed by atoms with E-state index in [1.807, 2.05) is 61.7 Å². The molecular formula is C15H18N2O2. The summed E-state index contributed by atoms with van der Waals surface area (Å²) in [6, 6.07) is 9.74. The van der Waals surface area contributed by atoms with Gasteiger partial charge in [0.25, 0.3) is 0 Å². The largest absolute Gasteiger partial charge is 0.478 e.